The van der Waals surface area contributed by atoms with Gasteiger partial charge in [0.1, 0.15) is 23.0 Å². The number of nitrogens with zero attached hydrogens (tertiary/aromatic N) is 1. The van der Waals surface area contributed by atoms with Crippen LogP contribution in [-0.4, -0.2) is 22.8 Å². The molecule has 0 radical (unpaired) electrons. The number of nitrogens with one attached hydrogen (secondary N) is 1. The second kappa shape index (κ2) is 5.51. The van der Waals surface area contributed by atoms with E-state index >= 15 is 0 Å². The Labute approximate surface area is 139 Å². The van der Waals surface area contributed by atoms with Crippen molar-refractivity contribution in [3.8, 4) is 0 Å². The second-order valence-corrected chi connectivity index (χ2v) is 6.70. The highest BCUT2D eigenvalue weighted by Gasteiger charge is 2.36. The van der Waals surface area contributed by atoms with Crippen LogP contribution in [0.15, 0.2) is 40.8 Å². The van der Waals surface area contributed by atoms with Crippen molar-refractivity contribution in [2.24, 2.45) is 5.92 Å². The third kappa shape index (κ3) is 2.70. The van der Waals surface area contributed by atoms with Crippen molar-refractivity contribution in [3.63, 3.8) is 0 Å². The summed E-state index contributed by atoms with van der Waals surface area (Å²) in [6.45, 7) is 2.62. The third-order valence-electron chi connectivity index (χ3n) is 4.71. The Hall–Kier alpha value is -2.56. The number of hydrogen-bond acceptors (Lipinski definition) is 2. The molecular formula is C19H19FN2O2. The molecule has 2 aromatic heterocycles. The lowest BCUT2D eigenvalue weighted by atomic mass is 10.2. The molecule has 1 aliphatic rings. The fourth-order valence-electron chi connectivity index (χ4n) is 3.13. The van der Waals surface area contributed by atoms with Crippen molar-refractivity contribution in [3.05, 3.63) is 59.4 Å². The van der Waals surface area contributed by atoms with Gasteiger partial charge < -0.3 is 14.3 Å². The van der Waals surface area contributed by atoms with E-state index in [1.54, 1.807) is 24.1 Å². The number of aromatic amines is 1. The van der Waals surface area contributed by atoms with Gasteiger partial charge in [0.2, 0.25) is 0 Å². The summed E-state index contributed by atoms with van der Waals surface area (Å²) < 4.78 is 19.1. The molecular weight excluding hydrogens is 307 g/mol. The Kier molecular flexibility index (Phi) is 3.44. The van der Waals surface area contributed by atoms with Crippen LogP contribution in [0.1, 0.15) is 41.3 Å². The van der Waals surface area contributed by atoms with Gasteiger partial charge in [0.15, 0.2) is 0 Å². The average Bonchev–Trinajstić information content (AvgIpc) is 2.97. The smallest absolute Gasteiger partial charge is 0.270 e. The number of benzene rings is 1. The second-order valence-electron chi connectivity index (χ2n) is 6.70. The standard InChI is InChI=1S/C19H19FN2O2/c1-11-7-15(11)18-6-4-14(24-18)10-22(2)19(23)17-9-12-8-13(20)3-5-16(12)21-17/h3-6,8-9,11,15,21H,7,10H2,1-2H3/t11-,15-/m0/s1. The minimum absolute atomic E-state index is 0.149. The van der Waals surface area contributed by atoms with Gasteiger partial charge in [-0.1, -0.05) is 6.92 Å². The molecule has 5 heteroatoms. The van der Waals surface area contributed by atoms with Gasteiger partial charge in [-0.3, -0.25) is 4.79 Å². The number of hydrogen-bond donors (Lipinski definition) is 1. The monoisotopic (exact) mass is 326 g/mol. The summed E-state index contributed by atoms with van der Waals surface area (Å²) in [6.07, 6.45) is 1.17. The summed E-state index contributed by atoms with van der Waals surface area (Å²) >= 11 is 0. The Bertz CT molecular complexity index is 911. The Morgan fingerprint density at radius 1 is 1.33 bits per heavy atom. The molecule has 1 aromatic carbocycles. The number of amides is 1. The zero-order chi connectivity index (χ0) is 16.8. The van der Waals surface area contributed by atoms with Crippen molar-refractivity contribution < 1.29 is 13.6 Å². The maximum absolute atomic E-state index is 13.3. The van der Waals surface area contributed by atoms with Gasteiger partial charge >= 0.3 is 0 Å². The van der Waals surface area contributed by atoms with Crippen molar-refractivity contribution in [2.45, 2.75) is 25.8 Å². The van der Waals surface area contributed by atoms with E-state index in [4.69, 9.17) is 4.42 Å². The third-order valence-corrected chi connectivity index (χ3v) is 4.71. The topological polar surface area (TPSA) is 49.2 Å². The molecule has 124 valence electrons. The molecule has 1 saturated carbocycles. The van der Waals surface area contributed by atoms with Gasteiger partial charge in [-0.05, 0) is 48.7 Å². The fraction of sp³-hybridized carbons (Fsp3) is 0.316. The van der Waals surface area contributed by atoms with Crippen molar-refractivity contribution >= 4 is 16.8 Å². The van der Waals surface area contributed by atoms with E-state index in [0.717, 1.165) is 17.0 Å². The first-order valence-corrected chi connectivity index (χ1v) is 8.13. The Morgan fingerprint density at radius 2 is 2.12 bits per heavy atom. The molecule has 1 fully saturated rings. The molecule has 24 heavy (non-hydrogen) atoms. The van der Waals surface area contributed by atoms with Crippen molar-refractivity contribution in [2.75, 3.05) is 7.05 Å². The first-order valence-electron chi connectivity index (χ1n) is 8.13. The zero-order valence-corrected chi connectivity index (χ0v) is 13.7. The van der Waals surface area contributed by atoms with E-state index in [1.807, 2.05) is 12.1 Å². The van der Waals surface area contributed by atoms with Crippen LogP contribution in [0.25, 0.3) is 10.9 Å². The van der Waals surface area contributed by atoms with Crippen LogP contribution < -0.4 is 0 Å². The highest BCUT2D eigenvalue weighted by atomic mass is 19.1. The zero-order valence-electron chi connectivity index (χ0n) is 13.7. The highest BCUT2D eigenvalue weighted by Crippen LogP contribution is 2.47. The molecule has 1 amide bonds. The van der Waals surface area contributed by atoms with E-state index in [1.165, 1.54) is 18.6 Å². The maximum atomic E-state index is 13.3. The molecule has 3 aromatic rings. The number of H-pyrrole nitrogens is 1. The van der Waals surface area contributed by atoms with Gasteiger partial charge in [0.05, 0.1) is 6.54 Å². The maximum Gasteiger partial charge on any atom is 0.270 e. The van der Waals surface area contributed by atoms with Crippen molar-refractivity contribution in [1.29, 1.82) is 0 Å². The molecule has 0 aliphatic heterocycles. The van der Waals surface area contributed by atoms with E-state index < -0.39 is 0 Å². The van der Waals surface area contributed by atoms with Gasteiger partial charge in [0, 0.05) is 23.9 Å². The molecule has 0 saturated heterocycles. The lowest BCUT2D eigenvalue weighted by Gasteiger charge is -2.14. The summed E-state index contributed by atoms with van der Waals surface area (Å²) in [5.41, 5.74) is 1.19. The molecule has 2 heterocycles. The largest absolute Gasteiger partial charge is 0.464 e. The Balaban J connectivity index is 1.49. The number of halogens is 1. The summed E-state index contributed by atoms with van der Waals surface area (Å²) in [6, 6.07) is 10.0. The molecule has 2 atom stereocenters. The fourth-order valence-corrected chi connectivity index (χ4v) is 3.13. The normalized spacial score (nSPS) is 19.6. The summed E-state index contributed by atoms with van der Waals surface area (Å²) in [7, 11) is 1.73. The molecule has 1 aliphatic carbocycles. The minimum Gasteiger partial charge on any atom is -0.464 e. The molecule has 0 unspecified atom stereocenters. The minimum atomic E-state index is -0.314. The molecule has 4 rings (SSSR count). The number of carbonyl (C=O) groups excluding carboxylic acids is 1. The van der Waals surface area contributed by atoms with Crippen LogP contribution in [0.3, 0.4) is 0 Å². The van der Waals surface area contributed by atoms with Crippen LogP contribution in [-0.2, 0) is 6.54 Å². The predicted molar refractivity (Wildman–Crippen MR) is 89.3 cm³/mol. The molecule has 1 N–H and O–H groups in total. The van der Waals surface area contributed by atoms with Crippen LogP contribution >= 0.6 is 0 Å². The summed E-state index contributed by atoms with van der Waals surface area (Å²) in [5.74, 6) is 2.55. The van der Waals surface area contributed by atoms with Crippen LogP contribution in [0.2, 0.25) is 0 Å². The number of furan rings is 1. The van der Waals surface area contributed by atoms with Crippen LogP contribution in [0.5, 0.6) is 0 Å². The van der Waals surface area contributed by atoms with Gasteiger partial charge in [-0.2, -0.15) is 0 Å². The number of carbonyl (C=O) groups is 1. The first kappa shape index (κ1) is 15.0. The lowest BCUT2D eigenvalue weighted by molar-refractivity contribution is 0.0770. The van der Waals surface area contributed by atoms with Gasteiger partial charge in [0.25, 0.3) is 5.91 Å². The SMILES string of the molecule is C[C@H]1C[C@@H]1c1ccc(CN(C)C(=O)c2cc3cc(F)ccc3[nH]2)o1. The molecule has 0 spiro atoms. The lowest BCUT2D eigenvalue weighted by Crippen LogP contribution is -2.26. The first-order chi connectivity index (χ1) is 11.5. The molecule has 4 nitrogen and oxygen atoms in total. The number of fused-ring (bicyclic) bond motifs is 1. The molecule has 0 bridgehead atoms. The number of aromatic nitrogens is 1. The summed E-state index contributed by atoms with van der Waals surface area (Å²) in [5, 5.41) is 0.690. The Morgan fingerprint density at radius 3 is 2.88 bits per heavy atom. The van der Waals surface area contributed by atoms with Crippen LogP contribution in [0, 0.1) is 11.7 Å². The van der Waals surface area contributed by atoms with Gasteiger partial charge in [-0.25, -0.2) is 4.39 Å². The van der Waals surface area contributed by atoms with Crippen molar-refractivity contribution in [1.82, 2.24) is 9.88 Å². The van der Waals surface area contributed by atoms with E-state index in [9.17, 15) is 9.18 Å². The van der Waals surface area contributed by atoms with E-state index in [0.29, 0.717) is 29.5 Å². The number of rotatable bonds is 4. The quantitative estimate of drug-likeness (QED) is 0.777. The van der Waals surface area contributed by atoms with E-state index in [-0.39, 0.29) is 11.7 Å². The van der Waals surface area contributed by atoms with E-state index in [2.05, 4.69) is 11.9 Å². The van der Waals surface area contributed by atoms with Crippen LogP contribution in [0.4, 0.5) is 4.39 Å². The summed E-state index contributed by atoms with van der Waals surface area (Å²) in [4.78, 5) is 17.2. The highest BCUT2D eigenvalue weighted by molar-refractivity contribution is 5.97. The average molecular weight is 326 g/mol. The van der Waals surface area contributed by atoms with Gasteiger partial charge in [-0.15, -0.1) is 0 Å². The predicted octanol–water partition coefficient (Wildman–Crippen LogP) is 4.30.